The highest BCUT2D eigenvalue weighted by atomic mass is 32.2. The third-order valence-corrected chi connectivity index (χ3v) is 5.82. The number of nitrogens with zero attached hydrogens (tertiary/aromatic N) is 1. The summed E-state index contributed by atoms with van der Waals surface area (Å²) >= 11 is 0. The summed E-state index contributed by atoms with van der Waals surface area (Å²) in [6, 6.07) is 10.7. The maximum absolute atomic E-state index is 12.9. The van der Waals surface area contributed by atoms with E-state index >= 15 is 0 Å². The fraction of sp³-hybridized carbons (Fsp3) is 0.316. The Kier molecular flexibility index (Phi) is 5.76. The SMILES string of the molecule is CCn1c(=O)oc2cc(S(=O)(=O)NCCCCc3ccc(F)cc3)ccc21. The molecule has 0 saturated carbocycles. The van der Waals surface area contributed by atoms with Crippen LogP contribution in [0, 0.1) is 5.82 Å². The minimum atomic E-state index is -3.68. The molecule has 1 heterocycles. The first-order valence-corrected chi connectivity index (χ1v) is 10.3. The average Bonchev–Trinajstić information content (AvgIpc) is 2.97. The molecule has 1 aromatic heterocycles. The Balaban J connectivity index is 1.58. The first-order chi connectivity index (χ1) is 12.9. The number of sulfonamides is 1. The van der Waals surface area contributed by atoms with Crippen molar-refractivity contribution in [2.24, 2.45) is 0 Å². The Labute approximate surface area is 156 Å². The van der Waals surface area contributed by atoms with Gasteiger partial charge in [0.2, 0.25) is 10.0 Å². The summed E-state index contributed by atoms with van der Waals surface area (Å²) in [5.41, 5.74) is 1.84. The lowest BCUT2D eigenvalue weighted by atomic mass is 10.1. The highest BCUT2D eigenvalue weighted by Gasteiger charge is 2.16. The Morgan fingerprint density at radius 3 is 2.56 bits per heavy atom. The van der Waals surface area contributed by atoms with E-state index in [9.17, 15) is 17.6 Å². The molecular weight excluding hydrogens is 371 g/mol. The van der Waals surface area contributed by atoms with Crippen LogP contribution in [0.2, 0.25) is 0 Å². The number of hydrogen-bond donors (Lipinski definition) is 1. The zero-order chi connectivity index (χ0) is 19.4. The Bertz CT molecular complexity index is 1090. The van der Waals surface area contributed by atoms with Crippen LogP contribution < -0.4 is 10.5 Å². The van der Waals surface area contributed by atoms with Gasteiger partial charge in [0.15, 0.2) is 5.58 Å². The van der Waals surface area contributed by atoms with Crippen LogP contribution >= 0.6 is 0 Å². The van der Waals surface area contributed by atoms with Crippen LogP contribution in [-0.4, -0.2) is 19.5 Å². The van der Waals surface area contributed by atoms with Gasteiger partial charge in [-0.3, -0.25) is 4.57 Å². The molecule has 0 amide bonds. The third kappa shape index (κ3) is 4.45. The number of hydrogen-bond acceptors (Lipinski definition) is 4. The van der Waals surface area contributed by atoms with Crippen LogP contribution in [0.15, 0.2) is 56.6 Å². The quantitative estimate of drug-likeness (QED) is 0.598. The summed E-state index contributed by atoms with van der Waals surface area (Å²) in [4.78, 5) is 11.8. The van der Waals surface area contributed by atoms with Crippen molar-refractivity contribution in [1.29, 1.82) is 0 Å². The van der Waals surface area contributed by atoms with Crippen LogP contribution in [-0.2, 0) is 23.0 Å². The predicted molar refractivity (Wildman–Crippen MR) is 101 cm³/mol. The predicted octanol–water partition coefficient (Wildman–Crippen LogP) is 3.05. The van der Waals surface area contributed by atoms with E-state index < -0.39 is 15.8 Å². The van der Waals surface area contributed by atoms with E-state index in [0.29, 0.717) is 25.0 Å². The van der Waals surface area contributed by atoms with Gasteiger partial charge >= 0.3 is 5.76 Å². The topological polar surface area (TPSA) is 81.3 Å². The van der Waals surface area contributed by atoms with Crippen LogP contribution in [0.25, 0.3) is 11.1 Å². The molecule has 8 heteroatoms. The number of halogens is 1. The molecule has 0 fully saturated rings. The highest BCUT2D eigenvalue weighted by Crippen LogP contribution is 2.18. The lowest BCUT2D eigenvalue weighted by Gasteiger charge is -2.07. The van der Waals surface area contributed by atoms with Gasteiger partial charge < -0.3 is 4.42 Å². The van der Waals surface area contributed by atoms with Gasteiger partial charge in [0.25, 0.3) is 0 Å². The molecule has 3 aromatic rings. The molecule has 0 atom stereocenters. The van der Waals surface area contributed by atoms with Gasteiger partial charge in [0.05, 0.1) is 10.4 Å². The largest absolute Gasteiger partial charge is 0.419 e. The summed E-state index contributed by atoms with van der Waals surface area (Å²) in [6.45, 7) is 2.56. The second-order valence-corrected chi connectivity index (χ2v) is 7.99. The normalized spacial score (nSPS) is 11.9. The van der Waals surface area contributed by atoms with Crippen molar-refractivity contribution >= 4 is 21.1 Å². The lowest BCUT2D eigenvalue weighted by molar-refractivity contribution is 0.512. The van der Waals surface area contributed by atoms with E-state index in [2.05, 4.69) is 4.72 Å². The molecule has 0 aliphatic carbocycles. The van der Waals surface area contributed by atoms with Gasteiger partial charge in [0.1, 0.15) is 5.82 Å². The molecule has 0 saturated heterocycles. The van der Waals surface area contributed by atoms with E-state index in [0.717, 1.165) is 18.4 Å². The number of aryl methyl sites for hydroxylation is 2. The number of rotatable bonds is 8. The van der Waals surface area contributed by atoms with Crippen molar-refractivity contribution in [2.45, 2.75) is 37.6 Å². The fourth-order valence-corrected chi connectivity index (χ4v) is 4.00. The Hall–Kier alpha value is -2.45. The molecule has 0 bridgehead atoms. The fourth-order valence-electron chi connectivity index (χ4n) is 2.91. The highest BCUT2D eigenvalue weighted by molar-refractivity contribution is 7.89. The smallest absolute Gasteiger partial charge is 0.408 e. The average molecular weight is 392 g/mol. The zero-order valence-electron chi connectivity index (χ0n) is 14.9. The van der Waals surface area contributed by atoms with Crippen molar-refractivity contribution in [1.82, 2.24) is 9.29 Å². The maximum atomic E-state index is 12.9. The molecule has 1 N–H and O–H groups in total. The van der Waals surface area contributed by atoms with E-state index in [4.69, 9.17) is 4.42 Å². The molecule has 0 aliphatic rings. The minimum Gasteiger partial charge on any atom is -0.408 e. The van der Waals surface area contributed by atoms with Gasteiger partial charge in [-0.2, -0.15) is 0 Å². The van der Waals surface area contributed by atoms with E-state index in [1.165, 1.54) is 28.8 Å². The molecule has 6 nitrogen and oxygen atoms in total. The lowest BCUT2D eigenvalue weighted by Crippen LogP contribution is -2.24. The van der Waals surface area contributed by atoms with Crippen LogP contribution in [0.5, 0.6) is 0 Å². The second kappa shape index (κ2) is 8.06. The molecule has 0 aliphatic heterocycles. The molecule has 144 valence electrons. The minimum absolute atomic E-state index is 0.0607. The second-order valence-electron chi connectivity index (χ2n) is 6.22. The maximum Gasteiger partial charge on any atom is 0.419 e. The molecule has 27 heavy (non-hydrogen) atoms. The number of unbranched alkanes of at least 4 members (excludes halogenated alkanes) is 1. The van der Waals surface area contributed by atoms with Crippen molar-refractivity contribution in [3.8, 4) is 0 Å². The first-order valence-electron chi connectivity index (χ1n) is 8.78. The van der Waals surface area contributed by atoms with Gasteiger partial charge in [-0.05, 0) is 56.0 Å². The summed E-state index contributed by atoms with van der Waals surface area (Å²) in [5.74, 6) is -0.774. The molecule has 3 rings (SSSR count). The molecule has 0 unspecified atom stereocenters. The summed E-state index contributed by atoms with van der Waals surface area (Å²) in [6.07, 6.45) is 2.19. The number of aromatic nitrogens is 1. The zero-order valence-corrected chi connectivity index (χ0v) is 15.8. The van der Waals surface area contributed by atoms with E-state index in [-0.39, 0.29) is 16.3 Å². The van der Waals surface area contributed by atoms with Gasteiger partial charge in [-0.1, -0.05) is 12.1 Å². The van der Waals surface area contributed by atoms with Gasteiger partial charge in [-0.25, -0.2) is 22.3 Å². The monoisotopic (exact) mass is 392 g/mol. The molecular formula is C19H21FN2O4S. The molecule has 0 radical (unpaired) electrons. The van der Waals surface area contributed by atoms with Crippen LogP contribution in [0.1, 0.15) is 25.3 Å². The Morgan fingerprint density at radius 2 is 1.85 bits per heavy atom. The van der Waals surface area contributed by atoms with Gasteiger partial charge in [-0.15, -0.1) is 0 Å². The van der Waals surface area contributed by atoms with Gasteiger partial charge in [0, 0.05) is 19.2 Å². The third-order valence-electron chi connectivity index (χ3n) is 4.36. The standard InChI is InChI=1S/C19H21FN2O4S/c1-2-22-17-11-10-16(13-18(17)26-19(22)23)27(24,25)21-12-4-3-5-14-6-8-15(20)9-7-14/h6-11,13,21H,2-5,12H2,1H3. The Morgan fingerprint density at radius 1 is 1.11 bits per heavy atom. The van der Waals surface area contributed by atoms with Crippen molar-refractivity contribution < 1.29 is 17.2 Å². The first kappa shape index (κ1) is 19.3. The van der Waals surface area contributed by atoms with Crippen molar-refractivity contribution in [3.05, 3.63) is 64.4 Å². The van der Waals surface area contributed by atoms with E-state index in [1.807, 2.05) is 6.92 Å². The van der Waals surface area contributed by atoms with Crippen molar-refractivity contribution in [3.63, 3.8) is 0 Å². The molecule has 2 aromatic carbocycles. The number of fused-ring (bicyclic) bond motifs is 1. The van der Waals surface area contributed by atoms with E-state index in [1.54, 1.807) is 18.2 Å². The van der Waals surface area contributed by atoms with Crippen molar-refractivity contribution in [2.75, 3.05) is 6.54 Å². The molecule has 0 spiro atoms. The summed E-state index contributed by atoms with van der Waals surface area (Å²) < 4.78 is 46.8. The number of benzene rings is 2. The summed E-state index contributed by atoms with van der Waals surface area (Å²) in [7, 11) is -3.68. The number of oxazole rings is 1. The van der Waals surface area contributed by atoms with Crippen LogP contribution in [0.3, 0.4) is 0 Å². The number of nitrogens with one attached hydrogen (secondary N) is 1. The van der Waals surface area contributed by atoms with Crippen LogP contribution in [0.4, 0.5) is 4.39 Å². The summed E-state index contributed by atoms with van der Waals surface area (Å²) in [5, 5.41) is 0.